The Morgan fingerprint density at radius 2 is 1.65 bits per heavy atom. The van der Waals surface area contributed by atoms with Crippen LogP contribution in [0.25, 0.3) is 17.0 Å². The molecule has 2 heterocycles. The lowest BCUT2D eigenvalue weighted by atomic mass is 10.2. The van der Waals surface area contributed by atoms with Crippen LogP contribution < -0.4 is 0 Å². The normalized spacial score (nSPS) is 10.2. The van der Waals surface area contributed by atoms with Crippen LogP contribution in [0.2, 0.25) is 10.0 Å². The predicted octanol–water partition coefficient (Wildman–Crippen LogP) is 5.04. The van der Waals surface area contributed by atoms with Gasteiger partial charge in [0.1, 0.15) is 0 Å². The van der Waals surface area contributed by atoms with E-state index in [0.717, 1.165) is 11.2 Å². The van der Waals surface area contributed by atoms with Gasteiger partial charge in [-0.15, -0.1) is 10.2 Å². The summed E-state index contributed by atoms with van der Waals surface area (Å²) >= 11 is 12.4. The Morgan fingerprint density at radius 3 is 2.30 bits per heavy atom. The van der Waals surface area contributed by atoms with Crippen molar-refractivity contribution in [1.29, 1.82) is 0 Å². The van der Waals surface area contributed by atoms with E-state index in [1.165, 1.54) is 0 Å². The molecule has 0 unspecified atom stereocenters. The van der Waals surface area contributed by atoms with E-state index in [0.29, 0.717) is 21.4 Å². The highest BCUT2D eigenvalue weighted by atomic mass is 35.5. The van der Waals surface area contributed by atoms with Crippen LogP contribution >= 0.6 is 23.2 Å². The molecule has 3 rings (SSSR count). The van der Waals surface area contributed by atoms with Gasteiger partial charge in [-0.25, -0.2) is 0 Å². The van der Waals surface area contributed by atoms with Gasteiger partial charge >= 0.3 is 0 Å². The van der Waals surface area contributed by atoms with Crippen LogP contribution in [0.4, 0.5) is 0 Å². The molecule has 0 fully saturated rings. The monoisotopic (exact) mass is 307 g/mol. The summed E-state index contributed by atoms with van der Waals surface area (Å²) in [4.78, 5) is 0. The first kappa shape index (κ1) is 14.8. The summed E-state index contributed by atoms with van der Waals surface area (Å²) in [6.07, 6.45) is 1.92. The van der Waals surface area contributed by atoms with Crippen LogP contribution in [0.1, 0.15) is 19.4 Å². The summed E-state index contributed by atoms with van der Waals surface area (Å²) in [5.74, 6) is 0.653. The molecule has 3 nitrogen and oxygen atoms in total. The molecule has 1 aromatic carbocycles. The SMILES string of the molecule is CC.Cc1ccn2c(-c3c(Cl)cccc3Cl)nnc2c1. The van der Waals surface area contributed by atoms with Crippen molar-refractivity contribution < 1.29 is 0 Å². The number of pyridine rings is 1. The zero-order valence-electron chi connectivity index (χ0n) is 11.6. The maximum atomic E-state index is 6.19. The van der Waals surface area contributed by atoms with Gasteiger partial charge in [0.25, 0.3) is 0 Å². The third kappa shape index (κ3) is 2.65. The zero-order valence-corrected chi connectivity index (χ0v) is 13.1. The lowest BCUT2D eigenvalue weighted by molar-refractivity contribution is 1.11. The first-order chi connectivity index (χ1) is 9.66. The Kier molecular flexibility index (Phi) is 4.63. The molecule has 0 radical (unpaired) electrons. The number of hydrogen-bond donors (Lipinski definition) is 0. The van der Waals surface area contributed by atoms with Gasteiger partial charge in [-0.1, -0.05) is 43.1 Å². The van der Waals surface area contributed by atoms with Crippen molar-refractivity contribution in [2.75, 3.05) is 0 Å². The molecular formula is C15H15Cl2N3. The molecule has 104 valence electrons. The topological polar surface area (TPSA) is 30.2 Å². The highest BCUT2D eigenvalue weighted by Crippen LogP contribution is 2.33. The Balaban J connectivity index is 0.000000704. The highest BCUT2D eigenvalue weighted by Gasteiger charge is 2.14. The minimum Gasteiger partial charge on any atom is -0.282 e. The number of nitrogens with zero attached hydrogens (tertiary/aromatic N) is 3. The average Bonchev–Trinajstić information content (AvgIpc) is 2.84. The first-order valence-electron chi connectivity index (χ1n) is 6.42. The van der Waals surface area contributed by atoms with Crippen molar-refractivity contribution in [3.63, 3.8) is 0 Å². The fourth-order valence-electron chi connectivity index (χ4n) is 1.87. The molecule has 0 amide bonds. The molecule has 0 aliphatic carbocycles. The van der Waals surface area contributed by atoms with Crippen LogP contribution in [0.3, 0.4) is 0 Å². The molecule has 20 heavy (non-hydrogen) atoms. The second-order valence-corrected chi connectivity index (χ2v) is 4.87. The van der Waals surface area contributed by atoms with E-state index in [1.807, 2.05) is 49.6 Å². The van der Waals surface area contributed by atoms with Crippen molar-refractivity contribution in [1.82, 2.24) is 14.6 Å². The molecule has 0 spiro atoms. The molecule has 0 N–H and O–H groups in total. The van der Waals surface area contributed by atoms with E-state index >= 15 is 0 Å². The smallest absolute Gasteiger partial charge is 0.171 e. The summed E-state index contributed by atoms with van der Waals surface area (Å²) in [5.41, 5.74) is 2.62. The van der Waals surface area contributed by atoms with Gasteiger partial charge in [0.2, 0.25) is 0 Å². The van der Waals surface area contributed by atoms with Gasteiger partial charge in [0.15, 0.2) is 11.5 Å². The summed E-state index contributed by atoms with van der Waals surface area (Å²) in [5, 5.41) is 9.44. The highest BCUT2D eigenvalue weighted by molar-refractivity contribution is 6.39. The fourth-order valence-corrected chi connectivity index (χ4v) is 2.44. The minimum absolute atomic E-state index is 0.567. The van der Waals surface area contributed by atoms with Crippen molar-refractivity contribution >= 4 is 28.8 Å². The Bertz CT molecular complexity index is 715. The van der Waals surface area contributed by atoms with Crippen molar-refractivity contribution in [2.45, 2.75) is 20.8 Å². The number of halogens is 2. The van der Waals surface area contributed by atoms with E-state index in [4.69, 9.17) is 23.2 Å². The molecule has 5 heteroatoms. The molecule has 0 saturated heterocycles. The number of rotatable bonds is 1. The maximum Gasteiger partial charge on any atom is 0.171 e. The Labute approximate surface area is 128 Å². The lowest BCUT2D eigenvalue weighted by Crippen LogP contribution is -1.91. The molecule has 0 aliphatic heterocycles. The van der Waals surface area contributed by atoms with Crippen LogP contribution in [0, 0.1) is 6.92 Å². The van der Waals surface area contributed by atoms with E-state index in [1.54, 1.807) is 12.1 Å². The summed E-state index contributed by atoms with van der Waals surface area (Å²) in [6, 6.07) is 9.34. The van der Waals surface area contributed by atoms with Crippen molar-refractivity contribution in [2.24, 2.45) is 0 Å². The standard InChI is InChI=1S/C13H9Cl2N3.C2H6/c1-8-5-6-18-11(7-8)16-17-13(18)12-9(14)3-2-4-10(12)15;1-2/h2-7H,1H3;1-2H3. The van der Waals surface area contributed by atoms with Gasteiger partial charge < -0.3 is 0 Å². The Morgan fingerprint density at radius 1 is 1.00 bits per heavy atom. The van der Waals surface area contributed by atoms with Crippen molar-refractivity contribution in [3.8, 4) is 11.4 Å². The first-order valence-corrected chi connectivity index (χ1v) is 7.18. The van der Waals surface area contributed by atoms with E-state index in [9.17, 15) is 0 Å². The molecule has 0 bridgehead atoms. The zero-order chi connectivity index (χ0) is 14.7. The van der Waals surface area contributed by atoms with E-state index in [2.05, 4.69) is 10.2 Å². The quantitative estimate of drug-likeness (QED) is 0.630. The third-order valence-corrected chi connectivity index (χ3v) is 3.38. The molecule has 0 atom stereocenters. The lowest BCUT2D eigenvalue weighted by Gasteiger charge is -2.05. The van der Waals surface area contributed by atoms with Crippen LogP contribution in [0.5, 0.6) is 0 Å². The molecule has 0 saturated carbocycles. The third-order valence-electron chi connectivity index (χ3n) is 2.75. The number of aryl methyl sites for hydroxylation is 1. The largest absolute Gasteiger partial charge is 0.282 e. The minimum atomic E-state index is 0.567. The second-order valence-electron chi connectivity index (χ2n) is 4.05. The van der Waals surface area contributed by atoms with E-state index < -0.39 is 0 Å². The molecule has 0 aliphatic rings. The van der Waals surface area contributed by atoms with Gasteiger partial charge in [0, 0.05) is 6.20 Å². The summed E-state index contributed by atoms with van der Waals surface area (Å²) in [6.45, 7) is 6.01. The number of hydrogen-bond acceptors (Lipinski definition) is 2. The summed E-state index contributed by atoms with van der Waals surface area (Å²) < 4.78 is 1.88. The van der Waals surface area contributed by atoms with Gasteiger partial charge in [-0.3, -0.25) is 4.40 Å². The number of fused-ring (bicyclic) bond motifs is 1. The molecule has 2 aromatic heterocycles. The fraction of sp³-hybridized carbons (Fsp3) is 0.200. The number of aromatic nitrogens is 3. The van der Waals surface area contributed by atoms with E-state index in [-0.39, 0.29) is 0 Å². The summed E-state index contributed by atoms with van der Waals surface area (Å²) in [7, 11) is 0. The second kappa shape index (κ2) is 6.25. The van der Waals surface area contributed by atoms with Gasteiger partial charge in [-0.2, -0.15) is 0 Å². The van der Waals surface area contributed by atoms with Crippen molar-refractivity contribution in [3.05, 3.63) is 52.1 Å². The Hall–Kier alpha value is -1.58. The van der Waals surface area contributed by atoms with Gasteiger partial charge in [-0.05, 0) is 36.8 Å². The average molecular weight is 308 g/mol. The van der Waals surface area contributed by atoms with Crippen LogP contribution in [0.15, 0.2) is 36.5 Å². The van der Waals surface area contributed by atoms with Crippen LogP contribution in [-0.4, -0.2) is 14.6 Å². The number of benzene rings is 1. The van der Waals surface area contributed by atoms with Crippen LogP contribution in [-0.2, 0) is 0 Å². The molecular weight excluding hydrogens is 293 g/mol. The maximum absolute atomic E-state index is 6.19. The predicted molar refractivity (Wildman–Crippen MR) is 84.5 cm³/mol. The molecule has 3 aromatic rings. The van der Waals surface area contributed by atoms with Gasteiger partial charge in [0.05, 0.1) is 15.6 Å².